The quantitative estimate of drug-likeness (QED) is 0.681. The molecule has 2 heterocycles. The van der Waals surface area contributed by atoms with Crippen molar-refractivity contribution in [2.75, 3.05) is 32.0 Å². The Bertz CT molecular complexity index is 455. The number of nitro groups is 1. The highest BCUT2D eigenvalue weighted by Gasteiger charge is 2.22. The lowest BCUT2D eigenvalue weighted by Crippen LogP contribution is -2.19. The standard InChI is InChI=1S/C11H15BrN4O2/c1-15-3-2-8(7-15)4-14-11-9(12)5-13-6-10(11)16(17)18/h5-6,8H,2-4,7H2,1H3,(H,13,14). The molecule has 0 aromatic carbocycles. The monoisotopic (exact) mass is 314 g/mol. The number of pyridine rings is 1. The van der Waals surface area contributed by atoms with Gasteiger partial charge in [0.2, 0.25) is 0 Å². The van der Waals surface area contributed by atoms with Crippen molar-refractivity contribution in [3.63, 3.8) is 0 Å². The van der Waals surface area contributed by atoms with Crippen molar-refractivity contribution in [1.29, 1.82) is 0 Å². The minimum Gasteiger partial charge on any atom is -0.378 e. The number of halogens is 1. The van der Waals surface area contributed by atoms with Gasteiger partial charge in [-0.05, 0) is 41.9 Å². The summed E-state index contributed by atoms with van der Waals surface area (Å²) in [7, 11) is 2.09. The van der Waals surface area contributed by atoms with Crippen LogP contribution in [-0.4, -0.2) is 41.5 Å². The Balaban J connectivity index is 2.06. The van der Waals surface area contributed by atoms with Gasteiger partial charge in [0.05, 0.1) is 9.40 Å². The second-order valence-electron chi connectivity index (χ2n) is 4.57. The second kappa shape index (κ2) is 5.62. The van der Waals surface area contributed by atoms with E-state index in [2.05, 4.69) is 38.2 Å². The zero-order valence-corrected chi connectivity index (χ0v) is 11.7. The third-order valence-corrected chi connectivity index (χ3v) is 3.73. The Morgan fingerprint density at radius 1 is 1.67 bits per heavy atom. The van der Waals surface area contributed by atoms with Crippen LogP contribution in [0.1, 0.15) is 6.42 Å². The molecule has 1 N–H and O–H groups in total. The summed E-state index contributed by atoms with van der Waals surface area (Å²) < 4.78 is 0.628. The molecule has 6 nitrogen and oxygen atoms in total. The van der Waals surface area contributed by atoms with E-state index < -0.39 is 4.92 Å². The highest BCUT2D eigenvalue weighted by atomic mass is 79.9. The zero-order valence-electron chi connectivity index (χ0n) is 10.1. The lowest BCUT2D eigenvalue weighted by Gasteiger charge is -2.13. The van der Waals surface area contributed by atoms with E-state index in [1.54, 1.807) is 6.20 Å². The van der Waals surface area contributed by atoms with Crippen LogP contribution in [0.2, 0.25) is 0 Å². The number of nitrogens with zero attached hydrogens (tertiary/aromatic N) is 3. The van der Waals surface area contributed by atoms with Crippen LogP contribution < -0.4 is 5.32 Å². The van der Waals surface area contributed by atoms with Crippen LogP contribution in [0.25, 0.3) is 0 Å². The van der Waals surface area contributed by atoms with Gasteiger partial charge in [-0.1, -0.05) is 0 Å². The summed E-state index contributed by atoms with van der Waals surface area (Å²) in [6.07, 6.45) is 3.96. The molecule has 0 aliphatic carbocycles. The third kappa shape index (κ3) is 2.97. The number of anilines is 1. The maximum Gasteiger partial charge on any atom is 0.311 e. The molecular formula is C11H15BrN4O2. The Morgan fingerprint density at radius 2 is 2.44 bits per heavy atom. The number of likely N-dealkylation sites (tertiary alicyclic amines) is 1. The van der Waals surface area contributed by atoms with Crippen molar-refractivity contribution in [3.05, 3.63) is 27.0 Å². The molecule has 0 amide bonds. The van der Waals surface area contributed by atoms with Gasteiger partial charge in [-0.2, -0.15) is 0 Å². The molecule has 1 unspecified atom stereocenters. The van der Waals surface area contributed by atoms with Crippen LogP contribution in [0.5, 0.6) is 0 Å². The van der Waals surface area contributed by atoms with E-state index in [1.165, 1.54) is 6.20 Å². The molecule has 0 saturated carbocycles. The minimum atomic E-state index is -0.416. The van der Waals surface area contributed by atoms with E-state index in [1.807, 2.05) is 0 Å². The van der Waals surface area contributed by atoms with Gasteiger partial charge >= 0.3 is 5.69 Å². The molecule has 2 rings (SSSR count). The first-order valence-corrected chi connectivity index (χ1v) is 6.57. The molecule has 1 aliphatic rings. The van der Waals surface area contributed by atoms with Crippen LogP contribution in [0.15, 0.2) is 16.9 Å². The zero-order chi connectivity index (χ0) is 13.1. The highest BCUT2D eigenvalue weighted by Crippen LogP contribution is 2.31. The molecule has 1 aromatic heterocycles. The van der Waals surface area contributed by atoms with Gasteiger partial charge in [-0.3, -0.25) is 15.1 Å². The Hall–Kier alpha value is -1.21. The fourth-order valence-electron chi connectivity index (χ4n) is 2.18. The summed E-state index contributed by atoms with van der Waals surface area (Å²) in [6.45, 7) is 2.86. The second-order valence-corrected chi connectivity index (χ2v) is 5.42. The van der Waals surface area contributed by atoms with Crippen molar-refractivity contribution in [1.82, 2.24) is 9.88 Å². The summed E-state index contributed by atoms with van der Waals surface area (Å²) in [4.78, 5) is 16.6. The molecule has 1 fully saturated rings. The number of rotatable bonds is 4. The predicted molar refractivity (Wildman–Crippen MR) is 72.7 cm³/mol. The number of nitrogens with one attached hydrogen (secondary N) is 1. The van der Waals surface area contributed by atoms with Crippen LogP contribution in [0.4, 0.5) is 11.4 Å². The smallest absolute Gasteiger partial charge is 0.311 e. The summed E-state index contributed by atoms with van der Waals surface area (Å²) >= 11 is 3.30. The molecule has 0 spiro atoms. The Morgan fingerprint density at radius 3 is 3.06 bits per heavy atom. The van der Waals surface area contributed by atoms with Crippen molar-refractivity contribution >= 4 is 27.3 Å². The first kappa shape index (κ1) is 13.2. The van der Waals surface area contributed by atoms with Crippen molar-refractivity contribution in [3.8, 4) is 0 Å². The normalized spacial score (nSPS) is 20.0. The molecule has 1 aliphatic heterocycles. The van der Waals surface area contributed by atoms with Gasteiger partial charge in [-0.15, -0.1) is 0 Å². The molecule has 7 heteroatoms. The van der Waals surface area contributed by atoms with Gasteiger partial charge in [0.25, 0.3) is 0 Å². The number of hydrogen-bond donors (Lipinski definition) is 1. The molecular weight excluding hydrogens is 300 g/mol. The SMILES string of the molecule is CN1CCC(CNc2c(Br)cncc2[N+](=O)[O-])C1. The Labute approximate surface area is 114 Å². The summed E-state index contributed by atoms with van der Waals surface area (Å²) in [5, 5.41) is 14.1. The van der Waals surface area contributed by atoms with Gasteiger partial charge in [0, 0.05) is 19.3 Å². The van der Waals surface area contributed by atoms with E-state index in [0.29, 0.717) is 16.1 Å². The number of aromatic nitrogens is 1. The summed E-state index contributed by atoms with van der Waals surface area (Å²) in [5.74, 6) is 0.537. The van der Waals surface area contributed by atoms with Crippen LogP contribution >= 0.6 is 15.9 Å². The molecule has 98 valence electrons. The van der Waals surface area contributed by atoms with Crippen molar-refractivity contribution in [2.45, 2.75) is 6.42 Å². The van der Waals surface area contributed by atoms with Crippen molar-refractivity contribution < 1.29 is 4.92 Å². The Kier molecular flexibility index (Phi) is 4.13. The average Bonchev–Trinajstić information content (AvgIpc) is 2.73. The van der Waals surface area contributed by atoms with Gasteiger partial charge in [0.15, 0.2) is 0 Å². The van der Waals surface area contributed by atoms with E-state index >= 15 is 0 Å². The first-order chi connectivity index (χ1) is 8.58. The maximum atomic E-state index is 10.9. The molecule has 0 bridgehead atoms. The van der Waals surface area contributed by atoms with Gasteiger partial charge in [0.1, 0.15) is 11.9 Å². The first-order valence-electron chi connectivity index (χ1n) is 5.78. The topological polar surface area (TPSA) is 71.3 Å². The largest absolute Gasteiger partial charge is 0.378 e. The van der Waals surface area contributed by atoms with Crippen molar-refractivity contribution in [2.24, 2.45) is 5.92 Å². The third-order valence-electron chi connectivity index (χ3n) is 3.13. The molecule has 1 saturated heterocycles. The van der Waals surface area contributed by atoms with E-state index in [9.17, 15) is 10.1 Å². The lowest BCUT2D eigenvalue weighted by molar-refractivity contribution is -0.384. The van der Waals surface area contributed by atoms with Crippen LogP contribution in [0, 0.1) is 16.0 Å². The maximum absolute atomic E-state index is 10.9. The fourth-order valence-corrected chi connectivity index (χ4v) is 2.64. The summed E-state index contributed by atoms with van der Waals surface area (Å²) in [6, 6.07) is 0. The van der Waals surface area contributed by atoms with Crippen LogP contribution in [0.3, 0.4) is 0 Å². The fraction of sp³-hybridized carbons (Fsp3) is 0.545. The molecule has 1 atom stereocenters. The van der Waals surface area contributed by atoms with Gasteiger partial charge < -0.3 is 10.2 Å². The summed E-state index contributed by atoms with van der Waals surface area (Å²) in [5.41, 5.74) is 0.528. The van der Waals surface area contributed by atoms with E-state index in [4.69, 9.17) is 0 Å². The van der Waals surface area contributed by atoms with E-state index in [-0.39, 0.29) is 5.69 Å². The molecule has 0 radical (unpaired) electrons. The average molecular weight is 315 g/mol. The minimum absolute atomic E-state index is 0.00993. The van der Waals surface area contributed by atoms with Gasteiger partial charge in [-0.25, -0.2) is 0 Å². The molecule has 1 aromatic rings. The van der Waals surface area contributed by atoms with E-state index in [0.717, 1.165) is 26.1 Å². The highest BCUT2D eigenvalue weighted by molar-refractivity contribution is 9.10. The molecule has 18 heavy (non-hydrogen) atoms. The predicted octanol–water partition coefficient (Wildman–Crippen LogP) is 2.12. The lowest BCUT2D eigenvalue weighted by atomic mass is 10.1. The van der Waals surface area contributed by atoms with Crippen LogP contribution in [-0.2, 0) is 0 Å². The number of hydrogen-bond acceptors (Lipinski definition) is 5.